The smallest absolute Gasteiger partial charge is 0.267 e. The molecule has 0 aliphatic carbocycles. The summed E-state index contributed by atoms with van der Waals surface area (Å²) in [6.45, 7) is 5.71. The van der Waals surface area contributed by atoms with E-state index in [0.29, 0.717) is 5.56 Å². The molecule has 0 aromatic heterocycles. The molecule has 1 aromatic carbocycles. The first kappa shape index (κ1) is 14.3. The van der Waals surface area contributed by atoms with Gasteiger partial charge in [0.2, 0.25) is 0 Å². The Labute approximate surface area is 112 Å². The van der Waals surface area contributed by atoms with Crippen molar-refractivity contribution in [3.05, 3.63) is 28.8 Å². The van der Waals surface area contributed by atoms with Gasteiger partial charge in [0.15, 0.2) is 0 Å². The van der Waals surface area contributed by atoms with Gasteiger partial charge in [-0.3, -0.25) is 0 Å². The minimum Gasteiger partial charge on any atom is -0.507 e. The molecule has 4 heteroatoms. The Morgan fingerprint density at radius 3 is 2.37 bits per heavy atom. The molecule has 106 valence electrons. The van der Waals surface area contributed by atoms with E-state index in [1.807, 2.05) is 19.9 Å². The molecule has 1 aromatic rings. The molecule has 0 spiro atoms. The number of benzene rings is 1. The molecule has 1 heterocycles. The van der Waals surface area contributed by atoms with Crippen LogP contribution >= 0.6 is 0 Å². The van der Waals surface area contributed by atoms with E-state index in [4.69, 9.17) is 0 Å². The van der Waals surface area contributed by atoms with Gasteiger partial charge in [0, 0.05) is 0 Å². The molecule has 2 N–H and O–H groups in total. The molecule has 1 aliphatic heterocycles. The molecule has 1 fully saturated rings. The maximum atomic E-state index is 13.0. The Bertz CT molecular complexity index is 440. The highest BCUT2D eigenvalue weighted by atomic mass is 19.3. The van der Waals surface area contributed by atoms with Crippen LogP contribution in [0.25, 0.3) is 0 Å². The number of rotatable bonds is 3. The predicted octanol–water partition coefficient (Wildman–Crippen LogP) is 3.92. The number of hydrogen-bond donors (Lipinski definition) is 2. The molecule has 1 aliphatic rings. The lowest BCUT2D eigenvalue weighted by Crippen LogP contribution is -2.26. The quantitative estimate of drug-likeness (QED) is 0.871. The fourth-order valence-electron chi connectivity index (χ4n) is 2.65. The van der Waals surface area contributed by atoms with Crippen molar-refractivity contribution < 1.29 is 13.9 Å². The zero-order valence-corrected chi connectivity index (χ0v) is 11.4. The fraction of sp³-hybridized carbons (Fsp3) is 0.600. The second-order valence-electron chi connectivity index (χ2n) is 5.53. The van der Waals surface area contributed by atoms with Crippen molar-refractivity contribution in [3.8, 4) is 5.75 Å². The van der Waals surface area contributed by atoms with Gasteiger partial charge >= 0.3 is 0 Å². The number of phenols is 1. The standard InChI is InChI=1S/C15H21F2NO/c1-9(2)11-7-12(10-3-5-18-6-4-10)14(19)13(8-11)15(16)17/h7-10,15,18-19H,3-6H2,1-2H3. The summed E-state index contributed by atoms with van der Waals surface area (Å²) >= 11 is 0. The number of phenolic OH excluding ortho intramolecular Hbond substituents is 1. The van der Waals surface area contributed by atoms with Crippen molar-refractivity contribution in [3.63, 3.8) is 0 Å². The number of nitrogens with one attached hydrogen (secondary N) is 1. The number of aromatic hydroxyl groups is 1. The molecule has 1 saturated heterocycles. The molecule has 19 heavy (non-hydrogen) atoms. The summed E-state index contributed by atoms with van der Waals surface area (Å²) < 4.78 is 26.1. The van der Waals surface area contributed by atoms with Gasteiger partial charge in [0.05, 0.1) is 5.56 Å². The van der Waals surface area contributed by atoms with Gasteiger partial charge in [0.1, 0.15) is 5.75 Å². The van der Waals surface area contributed by atoms with Crippen molar-refractivity contribution in [1.29, 1.82) is 0 Å². The third-order valence-corrected chi connectivity index (χ3v) is 3.87. The first-order valence-corrected chi connectivity index (χ1v) is 6.86. The van der Waals surface area contributed by atoms with E-state index >= 15 is 0 Å². The van der Waals surface area contributed by atoms with Crippen molar-refractivity contribution in [2.24, 2.45) is 0 Å². The Balaban J connectivity index is 2.45. The number of hydrogen-bond acceptors (Lipinski definition) is 2. The SMILES string of the molecule is CC(C)c1cc(C(F)F)c(O)c(C2CCNCC2)c1. The van der Waals surface area contributed by atoms with Crippen molar-refractivity contribution in [1.82, 2.24) is 5.32 Å². The molecule has 0 unspecified atom stereocenters. The van der Waals surface area contributed by atoms with Crippen LogP contribution in [0.5, 0.6) is 5.75 Å². The van der Waals surface area contributed by atoms with Crippen LogP contribution in [0.4, 0.5) is 8.78 Å². The highest BCUT2D eigenvalue weighted by Gasteiger charge is 2.24. The molecule has 0 atom stereocenters. The highest BCUT2D eigenvalue weighted by molar-refractivity contribution is 5.47. The summed E-state index contributed by atoms with van der Waals surface area (Å²) in [5, 5.41) is 13.4. The van der Waals surface area contributed by atoms with Crippen LogP contribution in [-0.4, -0.2) is 18.2 Å². The van der Waals surface area contributed by atoms with Crippen LogP contribution in [0.3, 0.4) is 0 Å². The number of piperidine rings is 1. The van der Waals surface area contributed by atoms with Crippen LogP contribution < -0.4 is 5.32 Å². The Hall–Kier alpha value is -1.16. The first-order valence-electron chi connectivity index (χ1n) is 6.86. The molecule has 0 radical (unpaired) electrons. The average molecular weight is 269 g/mol. The third kappa shape index (κ3) is 3.06. The molecule has 0 saturated carbocycles. The van der Waals surface area contributed by atoms with Crippen molar-refractivity contribution in [2.45, 2.75) is 45.0 Å². The van der Waals surface area contributed by atoms with Gasteiger partial charge in [-0.15, -0.1) is 0 Å². The summed E-state index contributed by atoms with van der Waals surface area (Å²) in [4.78, 5) is 0. The lowest BCUT2D eigenvalue weighted by Gasteiger charge is -2.25. The summed E-state index contributed by atoms with van der Waals surface area (Å²) in [5.74, 6) is 0.155. The summed E-state index contributed by atoms with van der Waals surface area (Å²) in [7, 11) is 0. The lowest BCUT2D eigenvalue weighted by atomic mass is 9.85. The van der Waals surface area contributed by atoms with Crippen LogP contribution in [0.2, 0.25) is 0 Å². The highest BCUT2D eigenvalue weighted by Crippen LogP contribution is 2.40. The summed E-state index contributed by atoms with van der Waals surface area (Å²) in [6, 6.07) is 3.34. The van der Waals surface area contributed by atoms with Gasteiger partial charge < -0.3 is 10.4 Å². The monoisotopic (exact) mass is 269 g/mol. The molecular formula is C15H21F2NO. The fourth-order valence-corrected chi connectivity index (χ4v) is 2.65. The van der Waals surface area contributed by atoms with Crippen LogP contribution in [0.1, 0.15) is 61.6 Å². The minimum absolute atomic E-state index is 0.178. The van der Waals surface area contributed by atoms with Crippen LogP contribution in [0, 0.1) is 0 Å². The third-order valence-electron chi connectivity index (χ3n) is 3.87. The van der Waals surface area contributed by atoms with Crippen molar-refractivity contribution in [2.75, 3.05) is 13.1 Å². The second-order valence-corrected chi connectivity index (χ2v) is 5.53. The maximum absolute atomic E-state index is 13.0. The normalized spacial score (nSPS) is 17.4. The van der Waals surface area contributed by atoms with Gasteiger partial charge in [-0.1, -0.05) is 19.9 Å². The van der Waals surface area contributed by atoms with E-state index in [-0.39, 0.29) is 23.1 Å². The van der Waals surface area contributed by atoms with E-state index in [0.717, 1.165) is 31.5 Å². The zero-order chi connectivity index (χ0) is 14.0. The van der Waals surface area contributed by atoms with Gasteiger partial charge in [-0.05, 0) is 55.0 Å². The zero-order valence-electron chi connectivity index (χ0n) is 11.4. The summed E-state index contributed by atoms with van der Waals surface area (Å²) in [5.41, 5.74) is 1.35. The molecular weight excluding hydrogens is 248 g/mol. The van der Waals surface area contributed by atoms with E-state index in [1.165, 1.54) is 6.07 Å². The van der Waals surface area contributed by atoms with Gasteiger partial charge in [0.25, 0.3) is 6.43 Å². The molecule has 0 bridgehead atoms. The first-order chi connectivity index (χ1) is 9.00. The van der Waals surface area contributed by atoms with E-state index in [2.05, 4.69) is 5.32 Å². The Morgan fingerprint density at radius 1 is 1.21 bits per heavy atom. The molecule has 0 amide bonds. The van der Waals surface area contributed by atoms with Gasteiger partial charge in [-0.25, -0.2) is 8.78 Å². The Morgan fingerprint density at radius 2 is 1.84 bits per heavy atom. The van der Waals surface area contributed by atoms with E-state index in [9.17, 15) is 13.9 Å². The summed E-state index contributed by atoms with van der Waals surface area (Å²) in [6.07, 6.45) is -0.852. The average Bonchev–Trinajstić information content (AvgIpc) is 2.39. The lowest BCUT2D eigenvalue weighted by molar-refractivity contribution is 0.147. The minimum atomic E-state index is -2.63. The Kier molecular flexibility index (Phi) is 4.40. The van der Waals surface area contributed by atoms with Crippen LogP contribution in [-0.2, 0) is 0 Å². The van der Waals surface area contributed by atoms with Gasteiger partial charge in [-0.2, -0.15) is 0 Å². The number of halogens is 2. The second kappa shape index (κ2) is 5.87. The molecule has 2 rings (SSSR count). The molecule has 2 nitrogen and oxygen atoms in total. The van der Waals surface area contributed by atoms with E-state index in [1.54, 1.807) is 0 Å². The predicted molar refractivity (Wildman–Crippen MR) is 72.0 cm³/mol. The van der Waals surface area contributed by atoms with Crippen LogP contribution in [0.15, 0.2) is 12.1 Å². The largest absolute Gasteiger partial charge is 0.507 e. The topological polar surface area (TPSA) is 32.3 Å². The maximum Gasteiger partial charge on any atom is 0.267 e. The van der Waals surface area contributed by atoms with Crippen molar-refractivity contribution >= 4 is 0 Å². The van der Waals surface area contributed by atoms with E-state index < -0.39 is 6.43 Å². The number of alkyl halides is 2.